The van der Waals surface area contributed by atoms with Crippen LogP contribution in [0.1, 0.15) is 6.92 Å². The highest BCUT2D eigenvalue weighted by atomic mass is 19.4. The Hall–Kier alpha value is -0.490. The van der Waals surface area contributed by atoms with Crippen molar-refractivity contribution < 1.29 is 30.7 Å². The van der Waals surface area contributed by atoms with Crippen LogP contribution in [0.2, 0.25) is 0 Å². The van der Waals surface area contributed by atoms with Crippen molar-refractivity contribution in [3.8, 4) is 0 Å². The molecular formula is C5H5F7. The number of hydrogen-bond acceptors (Lipinski definition) is 0. The fourth-order valence-corrected chi connectivity index (χ4v) is 0.706. The quantitative estimate of drug-likeness (QED) is 0.568. The van der Waals surface area contributed by atoms with Gasteiger partial charge in [-0.25, -0.2) is 4.39 Å². The molecule has 0 saturated carbocycles. The van der Waals surface area contributed by atoms with Gasteiger partial charge in [-0.1, -0.05) is 0 Å². The molecule has 0 bridgehead atoms. The predicted molar refractivity (Wildman–Crippen MR) is 26.2 cm³/mol. The van der Waals surface area contributed by atoms with Crippen molar-refractivity contribution in [2.24, 2.45) is 5.92 Å². The maximum absolute atomic E-state index is 11.9. The molecule has 0 nitrogen and oxygen atoms in total. The molecule has 0 unspecified atom stereocenters. The Morgan fingerprint density at radius 2 is 1.08 bits per heavy atom. The van der Waals surface area contributed by atoms with Crippen molar-refractivity contribution in [1.29, 1.82) is 0 Å². The Morgan fingerprint density at radius 1 is 0.833 bits per heavy atom. The Labute approximate surface area is 63.4 Å². The third-order valence-electron chi connectivity index (χ3n) is 1.16. The van der Waals surface area contributed by atoms with Gasteiger partial charge in [0.05, 0.1) is 0 Å². The molecule has 0 aromatic rings. The van der Waals surface area contributed by atoms with E-state index < -0.39 is 24.4 Å². The zero-order valence-electron chi connectivity index (χ0n) is 5.80. The Kier molecular flexibility index (Phi) is 2.97. The molecule has 0 aliphatic carbocycles. The molecule has 0 aromatic carbocycles. The first kappa shape index (κ1) is 11.5. The predicted octanol–water partition coefficient (Wildman–Crippen LogP) is 3.09. The van der Waals surface area contributed by atoms with E-state index in [1.54, 1.807) is 0 Å². The smallest absolute Gasteiger partial charge is 0.247 e. The maximum Gasteiger partial charge on any atom is 0.403 e. The van der Waals surface area contributed by atoms with E-state index in [0.717, 1.165) is 0 Å². The second kappa shape index (κ2) is 3.10. The molecule has 0 aliphatic heterocycles. The second-order valence-electron chi connectivity index (χ2n) is 2.24. The Morgan fingerprint density at radius 3 is 1.08 bits per heavy atom. The molecule has 0 heterocycles. The van der Waals surface area contributed by atoms with Gasteiger partial charge in [-0.05, 0) is 6.92 Å². The molecule has 0 N–H and O–H groups in total. The van der Waals surface area contributed by atoms with Crippen molar-refractivity contribution in [1.82, 2.24) is 0 Å². The average Bonchev–Trinajstić information content (AvgIpc) is 1.49. The van der Waals surface area contributed by atoms with Crippen LogP contribution < -0.4 is 0 Å². The molecule has 7 heteroatoms. The second-order valence-corrected chi connectivity index (χ2v) is 2.24. The van der Waals surface area contributed by atoms with Crippen molar-refractivity contribution >= 4 is 0 Å². The summed E-state index contributed by atoms with van der Waals surface area (Å²) in [5.41, 5.74) is 0. The van der Waals surface area contributed by atoms with Crippen molar-refractivity contribution in [2.75, 3.05) is 0 Å². The Bertz CT molecular complexity index is 127. The highest BCUT2D eigenvalue weighted by Gasteiger charge is 2.59. The largest absolute Gasteiger partial charge is 0.403 e. The molecule has 0 aromatic heterocycles. The van der Waals surface area contributed by atoms with Crippen molar-refractivity contribution in [3.63, 3.8) is 0 Å². The van der Waals surface area contributed by atoms with E-state index in [9.17, 15) is 30.7 Å². The lowest BCUT2D eigenvalue weighted by Gasteiger charge is -2.23. The zero-order chi connectivity index (χ0) is 10.2. The minimum Gasteiger partial charge on any atom is -0.247 e. The van der Waals surface area contributed by atoms with Gasteiger partial charge in [-0.3, -0.25) is 0 Å². The van der Waals surface area contributed by atoms with E-state index in [1.807, 2.05) is 0 Å². The minimum absolute atomic E-state index is 0.228. The van der Waals surface area contributed by atoms with E-state index in [-0.39, 0.29) is 6.92 Å². The monoisotopic (exact) mass is 198 g/mol. The summed E-state index contributed by atoms with van der Waals surface area (Å²) in [6, 6.07) is 0. The molecule has 12 heavy (non-hydrogen) atoms. The third kappa shape index (κ3) is 2.86. The van der Waals surface area contributed by atoms with Crippen molar-refractivity contribution in [3.05, 3.63) is 0 Å². The van der Waals surface area contributed by atoms with Crippen LogP contribution in [0.5, 0.6) is 0 Å². The lowest BCUT2D eigenvalue weighted by molar-refractivity contribution is -0.297. The highest BCUT2D eigenvalue weighted by Crippen LogP contribution is 2.42. The van der Waals surface area contributed by atoms with Gasteiger partial charge in [0.15, 0.2) is 5.92 Å². The summed E-state index contributed by atoms with van der Waals surface area (Å²) in [6.07, 6.45) is -14.1. The van der Waals surface area contributed by atoms with Gasteiger partial charge in [0, 0.05) is 0 Å². The first-order chi connectivity index (χ1) is 5.07. The number of alkyl halides is 7. The normalized spacial score (nSPS) is 16.8. The zero-order valence-corrected chi connectivity index (χ0v) is 5.80. The summed E-state index contributed by atoms with van der Waals surface area (Å²) in [5.74, 6) is -3.88. The molecule has 0 amide bonds. The average molecular weight is 198 g/mol. The van der Waals surface area contributed by atoms with E-state index in [1.165, 1.54) is 0 Å². The molecule has 74 valence electrons. The highest BCUT2D eigenvalue weighted by molar-refractivity contribution is 4.79. The summed E-state index contributed by atoms with van der Waals surface area (Å²) in [6.45, 7) is 0.228. The van der Waals surface area contributed by atoms with Crippen molar-refractivity contribution in [2.45, 2.75) is 25.4 Å². The number of halogens is 7. The molecule has 0 radical (unpaired) electrons. The molecule has 0 rings (SSSR count). The third-order valence-corrected chi connectivity index (χ3v) is 1.16. The van der Waals surface area contributed by atoms with Gasteiger partial charge < -0.3 is 0 Å². The van der Waals surface area contributed by atoms with Crippen LogP contribution in [0.25, 0.3) is 0 Å². The minimum atomic E-state index is -5.58. The van der Waals surface area contributed by atoms with Crippen LogP contribution in [-0.2, 0) is 0 Å². The topological polar surface area (TPSA) is 0 Å². The van der Waals surface area contributed by atoms with E-state index in [4.69, 9.17) is 0 Å². The Balaban J connectivity index is 4.70. The van der Waals surface area contributed by atoms with Crippen LogP contribution in [0.3, 0.4) is 0 Å². The van der Waals surface area contributed by atoms with Crippen LogP contribution in [0, 0.1) is 5.92 Å². The van der Waals surface area contributed by atoms with Gasteiger partial charge in [-0.15, -0.1) is 0 Å². The molecule has 1 atom stereocenters. The summed E-state index contributed by atoms with van der Waals surface area (Å²) in [7, 11) is 0. The number of rotatable bonds is 1. The lowest BCUT2D eigenvalue weighted by atomic mass is 10.0. The first-order valence-corrected chi connectivity index (χ1v) is 2.84. The fraction of sp³-hybridized carbons (Fsp3) is 1.00. The van der Waals surface area contributed by atoms with Crippen LogP contribution in [-0.4, -0.2) is 18.5 Å². The summed E-state index contributed by atoms with van der Waals surface area (Å²) in [5, 5.41) is 0. The van der Waals surface area contributed by atoms with Crippen LogP contribution in [0.4, 0.5) is 30.7 Å². The van der Waals surface area contributed by atoms with Gasteiger partial charge in [-0.2, -0.15) is 26.3 Å². The molecule has 0 saturated heterocycles. The SMILES string of the molecule is C[C@@H](F)C(C(F)(F)F)C(F)(F)F. The van der Waals surface area contributed by atoms with Gasteiger partial charge in [0.2, 0.25) is 0 Å². The standard InChI is InChI=1S/C5H5F7/c1-2(6)3(4(7,8)9)5(10,11)12/h2-3H,1H3/t2-/m1/s1. The fourth-order valence-electron chi connectivity index (χ4n) is 0.706. The van der Waals surface area contributed by atoms with E-state index >= 15 is 0 Å². The molecule has 0 spiro atoms. The summed E-state index contributed by atoms with van der Waals surface area (Å²) in [4.78, 5) is 0. The molecule has 0 fully saturated rings. The number of hydrogen-bond donors (Lipinski definition) is 0. The maximum atomic E-state index is 11.9. The van der Waals surface area contributed by atoms with E-state index in [2.05, 4.69) is 0 Å². The summed E-state index contributed by atoms with van der Waals surface area (Å²) < 4.78 is 81.0. The van der Waals surface area contributed by atoms with Crippen LogP contribution in [0.15, 0.2) is 0 Å². The molecule has 0 aliphatic rings. The van der Waals surface area contributed by atoms with Crippen LogP contribution >= 0.6 is 0 Å². The first-order valence-electron chi connectivity index (χ1n) is 2.84. The van der Waals surface area contributed by atoms with E-state index in [0.29, 0.717) is 0 Å². The van der Waals surface area contributed by atoms with Gasteiger partial charge >= 0.3 is 12.4 Å². The summed E-state index contributed by atoms with van der Waals surface area (Å²) >= 11 is 0. The van der Waals surface area contributed by atoms with Gasteiger partial charge in [0.25, 0.3) is 0 Å². The lowest BCUT2D eigenvalue weighted by Crippen LogP contribution is -2.41. The van der Waals surface area contributed by atoms with Gasteiger partial charge in [0.1, 0.15) is 6.17 Å². The molecular weight excluding hydrogens is 193 g/mol.